The molecule has 1 aromatic carbocycles. The Morgan fingerprint density at radius 3 is 3.04 bits per heavy atom. The number of thiazole rings is 1. The van der Waals surface area contributed by atoms with Crippen LogP contribution >= 0.6 is 11.3 Å². The Morgan fingerprint density at radius 2 is 2.24 bits per heavy atom. The number of hydrogen-bond acceptors (Lipinski definition) is 4. The molecule has 3 heterocycles. The number of amides is 1. The number of hydrogen-bond donors (Lipinski definition) is 1. The first kappa shape index (κ1) is 16.3. The van der Waals surface area contributed by atoms with Crippen LogP contribution in [-0.2, 0) is 16.0 Å². The van der Waals surface area contributed by atoms with Gasteiger partial charge >= 0.3 is 0 Å². The molecule has 3 aromatic rings. The molecular weight excluding hydrogens is 334 g/mol. The van der Waals surface area contributed by atoms with Crippen LogP contribution in [0.1, 0.15) is 25.0 Å². The average molecular weight is 355 g/mol. The molecule has 1 N–H and O–H groups in total. The fourth-order valence-electron chi connectivity index (χ4n) is 3.12. The van der Waals surface area contributed by atoms with Gasteiger partial charge in [-0.25, -0.2) is 4.98 Å². The third-order valence-electron chi connectivity index (χ3n) is 4.51. The molecule has 0 bridgehead atoms. The second kappa shape index (κ2) is 7.37. The Bertz CT molecular complexity index is 850. The number of aryl methyl sites for hydroxylation is 1. The number of nitrogens with one attached hydrogen (secondary N) is 1. The molecule has 25 heavy (non-hydrogen) atoms. The highest BCUT2D eigenvalue weighted by molar-refractivity contribution is 7.15. The summed E-state index contributed by atoms with van der Waals surface area (Å²) in [6, 6.07) is 10.2. The van der Waals surface area contributed by atoms with Crippen LogP contribution in [0, 0.1) is 0 Å². The van der Waals surface area contributed by atoms with Gasteiger partial charge in [-0.2, -0.15) is 0 Å². The Labute approximate surface area is 150 Å². The first-order valence-corrected chi connectivity index (χ1v) is 9.57. The van der Waals surface area contributed by atoms with Crippen molar-refractivity contribution in [3.63, 3.8) is 0 Å². The van der Waals surface area contributed by atoms with Gasteiger partial charge in [0.15, 0.2) is 4.96 Å². The summed E-state index contributed by atoms with van der Waals surface area (Å²) in [6.07, 6.45) is 5.58. The summed E-state index contributed by atoms with van der Waals surface area (Å²) in [6.45, 7) is 1.44. The normalized spacial score (nSPS) is 17.2. The van der Waals surface area contributed by atoms with E-state index in [0.717, 1.165) is 41.4 Å². The number of imidazole rings is 1. The molecule has 1 atom stereocenters. The van der Waals surface area contributed by atoms with Gasteiger partial charge in [0, 0.05) is 42.4 Å². The van der Waals surface area contributed by atoms with E-state index in [2.05, 4.69) is 38.4 Å². The molecule has 1 saturated heterocycles. The molecule has 0 spiro atoms. The second-order valence-corrected chi connectivity index (χ2v) is 7.15. The highest BCUT2D eigenvalue weighted by Gasteiger charge is 2.16. The average Bonchev–Trinajstić information content (AvgIpc) is 3.36. The number of carbonyl (C=O) groups is 1. The quantitative estimate of drug-likeness (QED) is 0.738. The lowest BCUT2D eigenvalue weighted by molar-refractivity contribution is -0.121. The number of fused-ring (bicyclic) bond motifs is 1. The van der Waals surface area contributed by atoms with E-state index >= 15 is 0 Å². The molecule has 1 fully saturated rings. The zero-order valence-electron chi connectivity index (χ0n) is 14.0. The second-order valence-electron chi connectivity index (χ2n) is 6.31. The van der Waals surface area contributed by atoms with Crippen molar-refractivity contribution in [2.75, 3.05) is 13.2 Å². The van der Waals surface area contributed by atoms with Gasteiger partial charge in [-0.3, -0.25) is 9.20 Å². The van der Waals surface area contributed by atoms with E-state index in [4.69, 9.17) is 4.74 Å². The topological polar surface area (TPSA) is 55.6 Å². The number of aromatic nitrogens is 2. The summed E-state index contributed by atoms with van der Waals surface area (Å²) < 4.78 is 7.63. The third-order valence-corrected chi connectivity index (χ3v) is 5.40. The maximum atomic E-state index is 12.1. The zero-order valence-corrected chi connectivity index (χ0v) is 14.8. The number of ether oxygens (including phenoxy) is 1. The first-order valence-electron chi connectivity index (χ1n) is 8.69. The molecule has 0 radical (unpaired) electrons. The van der Waals surface area contributed by atoms with Gasteiger partial charge in [0.2, 0.25) is 5.91 Å². The van der Waals surface area contributed by atoms with Crippen LogP contribution in [0.2, 0.25) is 0 Å². The number of nitrogens with zero attached hydrogens (tertiary/aromatic N) is 2. The molecule has 1 amide bonds. The molecule has 0 saturated carbocycles. The molecule has 130 valence electrons. The van der Waals surface area contributed by atoms with E-state index in [9.17, 15) is 4.79 Å². The lowest BCUT2D eigenvalue weighted by atomic mass is 10.2. The molecule has 2 aromatic heterocycles. The molecule has 5 nitrogen and oxygen atoms in total. The van der Waals surface area contributed by atoms with E-state index < -0.39 is 0 Å². The molecule has 6 heteroatoms. The van der Waals surface area contributed by atoms with Crippen molar-refractivity contribution in [3.8, 4) is 11.3 Å². The summed E-state index contributed by atoms with van der Waals surface area (Å²) >= 11 is 1.62. The van der Waals surface area contributed by atoms with Crippen molar-refractivity contribution in [2.45, 2.75) is 31.8 Å². The van der Waals surface area contributed by atoms with E-state index in [1.165, 1.54) is 0 Å². The Hall–Kier alpha value is -2.18. The van der Waals surface area contributed by atoms with Crippen molar-refractivity contribution < 1.29 is 9.53 Å². The smallest absolute Gasteiger partial charge is 0.220 e. The minimum atomic E-state index is 0.0817. The predicted molar refractivity (Wildman–Crippen MR) is 98.8 cm³/mol. The lowest BCUT2D eigenvalue weighted by Gasteiger charge is -2.10. The van der Waals surface area contributed by atoms with Crippen LogP contribution in [-0.4, -0.2) is 34.5 Å². The summed E-state index contributed by atoms with van der Waals surface area (Å²) in [5, 5.41) is 5.07. The van der Waals surface area contributed by atoms with Gasteiger partial charge in [-0.1, -0.05) is 30.3 Å². The number of benzene rings is 1. The van der Waals surface area contributed by atoms with Crippen LogP contribution in [0.5, 0.6) is 0 Å². The largest absolute Gasteiger partial charge is 0.376 e. The van der Waals surface area contributed by atoms with Crippen LogP contribution < -0.4 is 5.32 Å². The molecule has 1 aliphatic heterocycles. The minimum absolute atomic E-state index is 0.0817. The van der Waals surface area contributed by atoms with Crippen molar-refractivity contribution in [1.29, 1.82) is 0 Å². The maximum absolute atomic E-state index is 12.1. The van der Waals surface area contributed by atoms with Gasteiger partial charge < -0.3 is 10.1 Å². The van der Waals surface area contributed by atoms with E-state index in [-0.39, 0.29) is 12.0 Å². The van der Waals surface area contributed by atoms with Gasteiger partial charge in [-0.05, 0) is 19.3 Å². The van der Waals surface area contributed by atoms with Crippen molar-refractivity contribution in [1.82, 2.24) is 14.7 Å². The molecule has 0 aliphatic carbocycles. The van der Waals surface area contributed by atoms with Crippen LogP contribution in [0.4, 0.5) is 0 Å². The van der Waals surface area contributed by atoms with E-state index in [1.807, 2.05) is 18.2 Å². The maximum Gasteiger partial charge on any atom is 0.220 e. The van der Waals surface area contributed by atoms with Crippen LogP contribution in [0.15, 0.2) is 41.9 Å². The summed E-state index contributed by atoms with van der Waals surface area (Å²) in [5.41, 5.74) is 3.21. The summed E-state index contributed by atoms with van der Waals surface area (Å²) in [4.78, 5) is 17.7. The van der Waals surface area contributed by atoms with E-state index in [1.54, 1.807) is 11.3 Å². The lowest BCUT2D eigenvalue weighted by Crippen LogP contribution is -2.31. The highest BCUT2D eigenvalue weighted by atomic mass is 32.1. The van der Waals surface area contributed by atoms with Gasteiger partial charge in [0.05, 0.1) is 11.8 Å². The number of carbonyl (C=O) groups excluding carboxylic acids is 1. The van der Waals surface area contributed by atoms with Crippen LogP contribution in [0.25, 0.3) is 16.2 Å². The summed E-state index contributed by atoms with van der Waals surface area (Å²) in [7, 11) is 0. The number of rotatable bonds is 6. The molecule has 4 rings (SSSR count). The first-order chi connectivity index (χ1) is 12.3. The Kier molecular flexibility index (Phi) is 4.81. The molecule has 1 aliphatic rings. The minimum Gasteiger partial charge on any atom is -0.376 e. The van der Waals surface area contributed by atoms with E-state index in [0.29, 0.717) is 19.4 Å². The Morgan fingerprint density at radius 1 is 1.36 bits per heavy atom. The SMILES string of the molecule is O=C(CCc1csc2nc(-c3ccccc3)cn12)NCC1CCCO1. The molecular formula is C19H21N3O2S. The van der Waals surface area contributed by atoms with Gasteiger partial charge in [-0.15, -0.1) is 11.3 Å². The molecule has 1 unspecified atom stereocenters. The summed E-state index contributed by atoms with van der Waals surface area (Å²) in [5.74, 6) is 0.0817. The predicted octanol–water partition coefficient (Wildman–Crippen LogP) is 3.29. The van der Waals surface area contributed by atoms with Crippen molar-refractivity contribution in [2.24, 2.45) is 0 Å². The van der Waals surface area contributed by atoms with Crippen LogP contribution in [0.3, 0.4) is 0 Å². The highest BCUT2D eigenvalue weighted by Crippen LogP contribution is 2.24. The standard InChI is InChI=1S/C19H21N3O2S/c23-18(20-11-16-7-4-10-24-16)9-8-15-13-25-19-21-17(12-22(15)19)14-5-2-1-3-6-14/h1-3,5-6,12-13,16H,4,7-11H2,(H,20,23). The van der Waals surface area contributed by atoms with Crippen molar-refractivity contribution in [3.05, 3.63) is 47.6 Å². The van der Waals surface area contributed by atoms with Gasteiger partial charge in [0.1, 0.15) is 0 Å². The van der Waals surface area contributed by atoms with Crippen molar-refractivity contribution >= 4 is 22.2 Å². The van der Waals surface area contributed by atoms with Gasteiger partial charge in [0.25, 0.3) is 0 Å². The Balaban J connectivity index is 1.38. The fourth-order valence-corrected chi connectivity index (χ4v) is 4.03. The zero-order chi connectivity index (χ0) is 17.1. The fraction of sp³-hybridized carbons (Fsp3) is 0.368. The third kappa shape index (κ3) is 3.75. The monoisotopic (exact) mass is 355 g/mol.